The molecule has 0 unspecified atom stereocenters. The molecule has 0 bridgehead atoms. The van der Waals surface area contributed by atoms with E-state index in [1.54, 1.807) is 11.0 Å². The van der Waals surface area contributed by atoms with Gasteiger partial charge in [0.1, 0.15) is 17.7 Å². The van der Waals surface area contributed by atoms with Crippen LogP contribution in [0.5, 0.6) is 5.75 Å². The number of nitrogens with zero attached hydrogens (tertiary/aromatic N) is 2. The second-order valence-electron chi connectivity index (χ2n) is 8.24. The largest absolute Gasteiger partial charge is 0.493 e. The Bertz CT molecular complexity index is 830. The molecule has 0 aliphatic carbocycles. The molecule has 0 radical (unpaired) electrons. The molecule has 1 aromatic carbocycles. The van der Waals surface area contributed by atoms with Crippen LogP contribution in [-0.4, -0.2) is 47.8 Å². The third-order valence-corrected chi connectivity index (χ3v) is 5.03. The van der Waals surface area contributed by atoms with Crippen LogP contribution in [0, 0.1) is 11.7 Å². The monoisotopic (exact) mass is 432 g/mol. The van der Waals surface area contributed by atoms with Gasteiger partial charge in [-0.2, -0.15) is 0 Å². The summed E-state index contributed by atoms with van der Waals surface area (Å²) in [5.41, 5.74) is 1.45. The number of pyridine rings is 1. The van der Waals surface area contributed by atoms with E-state index in [0.717, 1.165) is 17.5 Å². The zero-order valence-corrected chi connectivity index (χ0v) is 18.0. The lowest BCUT2D eigenvalue weighted by atomic mass is 10.1. The Kier molecular flexibility index (Phi) is 8.17. The van der Waals surface area contributed by atoms with Gasteiger partial charge in [-0.15, -0.1) is 0 Å². The van der Waals surface area contributed by atoms with E-state index in [-0.39, 0.29) is 19.1 Å². The molecule has 2 aromatic rings. The van der Waals surface area contributed by atoms with E-state index >= 15 is 0 Å². The van der Waals surface area contributed by atoms with Gasteiger partial charge in [0.05, 0.1) is 31.1 Å². The standard InChI is InChI=1S/C23H30F2N4O2/c1-16(2)15-31-20-7-3-17(4-8-20)13-29(14-19-6-5-18(24)11-27-19)23(30)28-22-9-10-26-12-21(22)25/h3-8,11,16,21-22,26H,9-10,12-15H2,1-2H3,(H,28,30)/t21-,22+/m1/s1. The summed E-state index contributed by atoms with van der Waals surface area (Å²) in [6.07, 6.45) is 0.509. The van der Waals surface area contributed by atoms with Gasteiger partial charge in [-0.05, 0) is 48.7 Å². The van der Waals surface area contributed by atoms with Gasteiger partial charge in [0, 0.05) is 13.1 Å². The molecule has 1 aliphatic rings. The number of carbonyl (C=O) groups is 1. The molecule has 1 fully saturated rings. The lowest BCUT2D eigenvalue weighted by Gasteiger charge is -2.31. The quantitative estimate of drug-likeness (QED) is 0.668. The number of carbonyl (C=O) groups excluding carboxylic acids is 1. The Hall–Kier alpha value is -2.74. The first-order chi connectivity index (χ1) is 14.9. The summed E-state index contributed by atoms with van der Waals surface area (Å²) in [5, 5.41) is 5.79. The van der Waals surface area contributed by atoms with Gasteiger partial charge in [0.2, 0.25) is 0 Å². The van der Waals surface area contributed by atoms with Crippen molar-refractivity contribution in [2.24, 2.45) is 5.92 Å². The van der Waals surface area contributed by atoms with E-state index in [4.69, 9.17) is 4.74 Å². The number of urea groups is 1. The van der Waals surface area contributed by atoms with E-state index in [0.29, 0.717) is 37.7 Å². The average Bonchev–Trinajstić information content (AvgIpc) is 2.76. The van der Waals surface area contributed by atoms with Gasteiger partial charge in [0.15, 0.2) is 0 Å². The maximum Gasteiger partial charge on any atom is 0.318 e. The summed E-state index contributed by atoms with van der Waals surface area (Å²) < 4.78 is 33.1. The normalized spacial score (nSPS) is 18.6. The third-order valence-electron chi connectivity index (χ3n) is 5.03. The minimum Gasteiger partial charge on any atom is -0.493 e. The molecule has 8 heteroatoms. The van der Waals surface area contributed by atoms with Crippen molar-refractivity contribution in [1.82, 2.24) is 20.5 Å². The fourth-order valence-corrected chi connectivity index (χ4v) is 3.30. The highest BCUT2D eigenvalue weighted by molar-refractivity contribution is 5.74. The van der Waals surface area contributed by atoms with Crippen molar-refractivity contribution in [3.05, 3.63) is 59.7 Å². The molecule has 1 aliphatic heterocycles. The van der Waals surface area contributed by atoms with Crippen LogP contribution in [-0.2, 0) is 13.1 Å². The van der Waals surface area contributed by atoms with Crippen LogP contribution >= 0.6 is 0 Å². The fourth-order valence-electron chi connectivity index (χ4n) is 3.30. The first-order valence-electron chi connectivity index (χ1n) is 10.6. The number of piperidine rings is 1. The number of ether oxygens (including phenoxy) is 1. The van der Waals surface area contributed by atoms with Crippen LogP contribution in [0.15, 0.2) is 42.6 Å². The zero-order chi connectivity index (χ0) is 22.2. The number of aromatic nitrogens is 1. The average molecular weight is 433 g/mol. The number of amides is 2. The molecule has 168 valence electrons. The number of rotatable bonds is 8. The predicted molar refractivity (Wildman–Crippen MR) is 115 cm³/mol. The molecule has 0 saturated carbocycles. The second kappa shape index (κ2) is 11.0. The molecule has 0 spiro atoms. The summed E-state index contributed by atoms with van der Waals surface area (Å²) in [6, 6.07) is 9.48. The molecule has 6 nitrogen and oxygen atoms in total. The smallest absolute Gasteiger partial charge is 0.318 e. The highest BCUT2D eigenvalue weighted by atomic mass is 19.1. The third kappa shape index (κ3) is 7.17. The summed E-state index contributed by atoms with van der Waals surface area (Å²) in [5.74, 6) is 0.756. The lowest BCUT2D eigenvalue weighted by molar-refractivity contribution is 0.163. The Morgan fingerprint density at radius 2 is 2.03 bits per heavy atom. The van der Waals surface area contributed by atoms with Crippen LogP contribution in [0.3, 0.4) is 0 Å². The van der Waals surface area contributed by atoms with E-state index in [1.165, 1.54) is 6.07 Å². The van der Waals surface area contributed by atoms with Crippen molar-refractivity contribution < 1.29 is 18.3 Å². The summed E-state index contributed by atoms with van der Waals surface area (Å²) in [4.78, 5) is 18.6. The Balaban J connectivity index is 1.70. The molecule has 31 heavy (non-hydrogen) atoms. The van der Waals surface area contributed by atoms with Gasteiger partial charge in [-0.1, -0.05) is 26.0 Å². The van der Waals surface area contributed by atoms with Crippen molar-refractivity contribution in [3.63, 3.8) is 0 Å². The Morgan fingerprint density at radius 3 is 2.68 bits per heavy atom. The highest BCUT2D eigenvalue weighted by Crippen LogP contribution is 2.17. The molecule has 2 heterocycles. The predicted octanol–water partition coefficient (Wildman–Crippen LogP) is 3.67. The highest BCUT2D eigenvalue weighted by Gasteiger charge is 2.28. The van der Waals surface area contributed by atoms with Crippen molar-refractivity contribution in [1.29, 1.82) is 0 Å². The summed E-state index contributed by atoms with van der Waals surface area (Å²) >= 11 is 0. The van der Waals surface area contributed by atoms with Crippen LogP contribution in [0.2, 0.25) is 0 Å². The van der Waals surface area contributed by atoms with Gasteiger partial charge in [-0.25, -0.2) is 13.6 Å². The molecular weight excluding hydrogens is 402 g/mol. The molecule has 3 rings (SSSR count). The SMILES string of the molecule is CC(C)COc1ccc(CN(Cc2ccc(F)cn2)C(=O)N[C@H]2CCNC[C@H]2F)cc1. The van der Waals surface area contributed by atoms with Crippen molar-refractivity contribution in [3.8, 4) is 5.75 Å². The fraction of sp³-hybridized carbons (Fsp3) is 0.478. The zero-order valence-electron chi connectivity index (χ0n) is 18.0. The van der Waals surface area contributed by atoms with Crippen LogP contribution in [0.4, 0.5) is 13.6 Å². The first kappa shape index (κ1) is 22.9. The molecule has 1 aromatic heterocycles. The summed E-state index contributed by atoms with van der Waals surface area (Å²) in [6.45, 7) is 6.16. The minimum absolute atomic E-state index is 0.180. The molecule has 2 atom stereocenters. The molecule has 2 amide bonds. The lowest BCUT2D eigenvalue weighted by Crippen LogP contribution is -2.53. The number of hydrogen-bond donors (Lipinski definition) is 2. The first-order valence-corrected chi connectivity index (χ1v) is 10.6. The summed E-state index contributed by atoms with van der Waals surface area (Å²) in [7, 11) is 0. The molecular formula is C23H30F2N4O2. The Labute approximate surface area is 182 Å². The number of benzene rings is 1. The van der Waals surface area contributed by atoms with Crippen molar-refractivity contribution in [2.75, 3.05) is 19.7 Å². The number of hydrogen-bond acceptors (Lipinski definition) is 4. The van der Waals surface area contributed by atoms with Crippen LogP contribution < -0.4 is 15.4 Å². The van der Waals surface area contributed by atoms with Crippen LogP contribution in [0.25, 0.3) is 0 Å². The number of alkyl halides is 1. The van der Waals surface area contributed by atoms with Crippen molar-refractivity contribution in [2.45, 2.75) is 45.6 Å². The van der Waals surface area contributed by atoms with E-state index in [1.807, 2.05) is 24.3 Å². The van der Waals surface area contributed by atoms with E-state index < -0.39 is 18.0 Å². The second-order valence-corrected chi connectivity index (χ2v) is 8.24. The molecule has 2 N–H and O–H groups in total. The van der Waals surface area contributed by atoms with Gasteiger partial charge in [0.25, 0.3) is 0 Å². The molecule has 1 saturated heterocycles. The van der Waals surface area contributed by atoms with Gasteiger partial charge < -0.3 is 20.3 Å². The topological polar surface area (TPSA) is 66.5 Å². The maximum atomic E-state index is 14.2. The van der Waals surface area contributed by atoms with E-state index in [2.05, 4.69) is 29.5 Å². The van der Waals surface area contributed by atoms with Gasteiger partial charge in [-0.3, -0.25) is 4.98 Å². The van der Waals surface area contributed by atoms with Crippen LogP contribution in [0.1, 0.15) is 31.5 Å². The van der Waals surface area contributed by atoms with E-state index in [9.17, 15) is 13.6 Å². The van der Waals surface area contributed by atoms with Crippen molar-refractivity contribution >= 4 is 6.03 Å². The van der Waals surface area contributed by atoms with Gasteiger partial charge >= 0.3 is 6.03 Å². The minimum atomic E-state index is -1.14. The Morgan fingerprint density at radius 1 is 1.26 bits per heavy atom. The number of halogens is 2. The maximum absolute atomic E-state index is 14.2. The number of nitrogens with one attached hydrogen (secondary N) is 2.